The van der Waals surface area contributed by atoms with E-state index in [2.05, 4.69) is 12.2 Å². The first-order valence-corrected chi connectivity index (χ1v) is 6.02. The van der Waals surface area contributed by atoms with Gasteiger partial charge in [0.2, 0.25) is 5.91 Å². The Bertz CT molecular complexity index is 192. The zero-order valence-electron chi connectivity index (χ0n) is 9.05. The lowest BCUT2D eigenvalue weighted by Crippen LogP contribution is -2.39. The summed E-state index contributed by atoms with van der Waals surface area (Å²) in [4.78, 5) is 11.5. The van der Waals surface area contributed by atoms with Crippen LogP contribution in [0.2, 0.25) is 0 Å². The number of hydrogen-bond acceptors (Lipinski definition) is 1. The van der Waals surface area contributed by atoms with E-state index in [1.165, 1.54) is 19.3 Å². The molecule has 2 unspecified atom stereocenters. The van der Waals surface area contributed by atoms with Gasteiger partial charge in [0.1, 0.15) is 0 Å². The van der Waals surface area contributed by atoms with E-state index in [9.17, 15) is 4.79 Å². The van der Waals surface area contributed by atoms with Gasteiger partial charge < -0.3 is 5.32 Å². The first-order chi connectivity index (χ1) is 6.63. The molecular weight excluding hydrogens is 198 g/mol. The Labute approximate surface area is 91.4 Å². The van der Waals surface area contributed by atoms with Crippen LogP contribution in [0.3, 0.4) is 0 Å². The van der Waals surface area contributed by atoms with E-state index in [0.717, 1.165) is 0 Å². The van der Waals surface area contributed by atoms with Crippen molar-refractivity contribution >= 4 is 17.5 Å². The SMILES string of the molecule is CC(CCl)C(C)NC(=O)CC1CCC1. The predicted molar refractivity (Wildman–Crippen MR) is 59.4 cm³/mol. The van der Waals surface area contributed by atoms with Gasteiger partial charge in [-0.25, -0.2) is 0 Å². The van der Waals surface area contributed by atoms with Crippen LogP contribution in [0.5, 0.6) is 0 Å². The fourth-order valence-corrected chi connectivity index (χ4v) is 1.82. The summed E-state index contributed by atoms with van der Waals surface area (Å²) in [7, 11) is 0. The van der Waals surface area contributed by atoms with E-state index in [0.29, 0.717) is 24.1 Å². The molecule has 2 atom stereocenters. The molecule has 0 saturated heterocycles. The van der Waals surface area contributed by atoms with Crippen molar-refractivity contribution in [2.24, 2.45) is 11.8 Å². The van der Waals surface area contributed by atoms with Gasteiger partial charge in [0.15, 0.2) is 0 Å². The summed E-state index contributed by atoms with van der Waals surface area (Å²) in [5, 5.41) is 3.01. The fraction of sp³-hybridized carbons (Fsp3) is 0.909. The normalized spacial score (nSPS) is 21.1. The van der Waals surface area contributed by atoms with Crippen LogP contribution in [0.4, 0.5) is 0 Å². The molecule has 0 bridgehead atoms. The quantitative estimate of drug-likeness (QED) is 0.705. The minimum absolute atomic E-state index is 0.194. The topological polar surface area (TPSA) is 29.1 Å². The molecule has 1 aliphatic carbocycles. The van der Waals surface area contributed by atoms with E-state index < -0.39 is 0 Å². The highest BCUT2D eigenvalue weighted by atomic mass is 35.5. The Morgan fingerprint density at radius 2 is 2.14 bits per heavy atom. The molecule has 0 aromatic heterocycles. The van der Waals surface area contributed by atoms with Gasteiger partial charge in [0.25, 0.3) is 0 Å². The second-order valence-electron chi connectivity index (χ2n) is 4.49. The highest BCUT2D eigenvalue weighted by Crippen LogP contribution is 2.29. The molecule has 1 N–H and O–H groups in total. The average molecular weight is 218 g/mol. The second-order valence-corrected chi connectivity index (χ2v) is 4.80. The van der Waals surface area contributed by atoms with Gasteiger partial charge in [-0.15, -0.1) is 11.6 Å². The Morgan fingerprint density at radius 3 is 2.57 bits per heavy atom. The molecule has 3 heteroatoms. The molecular formula is C11H20ClNO. The number of carbonyl (C=O) groups excluding carboxylic acids is 1. The molecule has 1 rings (SSSR count). The number of hydrogen-bond donors (Lipinski definition) is 1. The lowest BCUT2D eigenvalue weighted by molar-refractivity contribution is -0.123. The highest BCUT2D eigenvalue weighted by Gasteiger charge is 2.22. The van der Waals surface area contributed by atoms with Crippen LogP contribution in [-0.2, 0) is 4.79 Å². The molecule has 1 amide bonds. The number of rotatable bonds is 5. The number of halogens is 1. The third kappa shape index (κ3) is 3.49. The molecule has 14 heavy (non-hydrogen) atoms. The van der Waals surface area contributed by atoms with E-state index >= 15 is 0 Å². The lowest BCUT2D eigenvalue weighted by Gasteiger charge is -2.26. The van der Waals surface area contributed by atoms with Crippen LogP contribution in [-0.4, -0.2) is 17.8 Å². The Kier molecular flexibility index (Phi) is 4.73. The minimum Gasteiger partial charge on any atom is -0.353 e. The van der Waals surface area contributed by atoms with Crippen molar-refractivity contribution in [3.05, 3.63) is 0 Å². The molecule has 1 fully saturated rings. The van der Waals surface area contributed by atoms with Gasteiger partial charge in [-0.2, -0.15) is 0 Å². The highest BCUT2D eigenvalue weighted by molar-refractivity contribution is 6.18. The van der Waals surface area contributed by atoms with Crippen molar-refractivity contribution in [2.45, 2.75) is 45.6 Å². The first kappa shape index (κ1) is 11.8. The maximum Gasteiger partial charge on any atom is 0.220 e. The molecule has 0 radical (unpaired) electrons. The van der Waals surface area contributed by atoms with Crippen molar-refractivity contribution in [2.75, 3.05) is 5.88 Å². The van der Waals surface area contributed by atoms with Gasteiger partial charge in [0, 0.05) is 18.3 Å². The van der Waals surface area contributed by atoms with E-state index in [1.807, 2.05) is 6.92 Å². The monoisotopic (exact) mass is 217 g/mol. The summed E-state index contributed by atoms with van der Waals surface area (Å²) in [6.45, 7) is 4.08. The van der Waals surface area contributed by atoms with Crippen LogP contribution in [0, 0.1) is 11.8 Å². The van der Waals surface area contributed by atoms with Crippen LogP contribution >= 0.6 is 11.6 Å². The Morgan fingerprint density at radius 1 is 1.50 bits per heavy atom. The number of nitrogens with one attached hydrogen (secondary N) is 1. The van der Waals surface area contributed by atoms with Crippen molar-refractivity contribution in [3.63, 3.8) is 0 Å². The van der Waals surface area contributed by atoms with E-state index in [-0.39, 0.29) is 11.9 Å². The number of alkyl halides is 1. The smallest absolute Gasteiger partial charge is 0.220 e. The van der Waals surface area contributed by atoms with E-state index in [4.69, 9.17) is 11.6 Å². The molecule has 0 spiro atoms. The Balaban J connectivity index is 2.18. The molecule has 0 aliphatic heterocycles. The molecule has 82 valence electrons. The van der Waals surface area contributed by atoms with Crippen molar-refractivity contribution in [3.8, 4) is 0 Å². The summed E-state index contributed by atoms with van der Waals surface area (Å²) in [5.74, 6) is 1.79. The predicted octanol–water partition coefficient (Wildman–Crippen LogP) is 2.56. The maximum absolute atomic E-state index is 11.5. The maximum atomic E-state index is 11.5. The van der Waals surface area contributed by atoms with Gasteiger partial charge in [0.05, 0.1) is 0 Å². The first-order valence-electron chi connectivity index (χ1n) is 5.48. The van der Waals surface area contributed by atoms with Crippen LogP contribution < -0.4 is 5.32 Å². The summed E-state index contributed by atoms with van der Waals surface area (Å²) < 4.78 is 0. The van der Waals surface area contributed by atoms with Gasteiger partial charge in [-0.1, -0.05) is 13.3 Å². The summed E-state index contributed by atoms with van der Waals surface area (Å²) in [5.41, 5.74) is 0. The summed E-state index contributed by atoms with van der Waals surface area (Å²) in [6.07, 6.45) is 4.46. The number of carbonyl (C=O) groups is 1. The van der Waals surface area contributed by atoms with Crippen molar-refractivity contribution < 1.29 is 4.79 Å². The fourth-order valence-electron chi connectivity index (χ4n) is 1.55. The largest absolute Gasteiger partial charge is 0.353 e. The molecule has 0 heterocycles. The van der Waals surface area contributed by atoms with Gasteiger partial charge in [-0.3, -0.25) is 4.79 Å². The standard InChI is InChI=1S/C11H20ClNO/c1-8(7-12)9(2)13-11(14)6-10-4-3-5-10/h8-10H,3-7H2,1-2H3,(H,13,14). The summed E-state index contributed by atoms with van der Waals surface area (Å²) in [6, 6.07) is 0.195. The van der Waals surface area contributed by atoms with Crippen LogP contribution in [0.1, 0.15) is 39.5 Å². The Hall–Kier alpha value is -0.240. The zero-order valence-corrected chi connectivity index (χ0v) is 9.81. The van der Waals surface area contributed by atoms with Crippen molar-refractivity contribution in [1.82, 2.24) is 5.32 Å². The molecule has 0 aromatic rings. The molecule has 1 aliphatic rings. The molecule has 2 nitrogen and oxygen atoms in total. The minimum atomic E-state index is 0.194. The molecule has 1 saturated carbocycles. The van der Waals surface area contributed by atoms with Gasteiger partial charge in [-0.05, 0) is 31.6 Å². The second kappa shape index (κ2) is 5.59. The third-order valence-electron chi connectivity index (χ3n) is 3.18. The number of amides is 1. The van der Waals surface area contributed by atoms with E-state index in [1.54, 1.807) is 0 Å². The average Bonchev–Trinajstić information content (AvgIpc) is 2.10. The van der Waals surface area contributed by atoms with Gasteiger partial charge >= 0.3 is 0 Å². The van der Waals surface area contributed by atoms with Crippen LogP contribution in [0.15, 0.2) is 0 Å². The molecule has 0 aromatic carbocycles. The summed E-state index contributed by atoms with van der Waals surface area (Å²) >= 11 is 5.72. The zero-order chi connectivity index (χ0) is 10.6. The van der Waals surface area contributed by atoms with Crippen LogP contribution in [0.25, 0.3) is 0 Å². The third-order valence-corrected chi connectivity index (χ3v) is 3.67. The van der Waals surface area contributed by atoms with Crippen molar-refractivity contribution in [1.29, 1.82) is 0 Å². The lowest BCUT2D eigenvalue weighted by atomic mass is 9.83.